The van der Waals surface area contributed by atoms with Crippen LogP contribution in [0.5, 0.6) is 11.5 Å². The topological polar surface area (TPSA) is 64.6 Å². The quantitative estimate of drug-likeness (QED) is 0.854. The summed E-state index contributed by atoms with van der Waals surface area (Å²) in [4.78, 5) is 25.5. The molecule has 4 rings (SSSR count). The summed E-state index contributed by atoms with van der Waals surface area (Å²) in [6.45, 7) is 0. The Kier molecular flexibility index (Phi) is 5.09. The largest absolute Gasteiger partial charge is 0.497 e. The van der Waals surface area contributed by atoms with Crippen LogP contribution in [0.3, 0.4) is 0 Å². The third-order valence-electron chi connectivity index (χ3n) is 5.69. The highest BCUT2D eigenvalue weighted by atomic mass is 19.1. The minimum atomic E-state index is -0.555. The number of hydrogen-bond acceptors (Lipinski definition) is 4. The molecular formula is C23H22FNO4. The van der Waals surface area contributed by atoms with Crippen LogP contribution >= 0.6 is 0 Å². The van der Waals surface area contributed by atoms with E-state index in [2.05, 4.69) is 5.32 Å². The number of allylic oxidation sites excluding steroid dienone is 2. The molecule has 2 aromatic rings. The second-order valence-corrected chi connectivity index (χ2v) is 7.35. The van der Waals surface area contributed by atoms with Crippen molar-refractivity contribution < 1.29 is 23.5 Å². The molecule has 29 heavy (non-hydrogen) atoms. The van der Waals surface area contributed by atoms with Gasteiger partial charge in [0, 0.05) is 41.5 Å². The summed E-state index contributed by atoms with van der Waals surface area (Å²) in [5.74, 6) is -0.0576. The number of ether oxygens (including phenoxy) is 2. The zero-order chi connectivity index (χ0) is 20.5. The van der Waals surface area contributed by atoms with Crippen LogP contribution in [-0.2, 0) is 9.59 Å². The van der Waals surface area contributed by atoms with E-state index in [9.17, 15) is 14.0 Å². The van der Waals surface area contributed by atoms with Gasteiger partial charge in [0.1, 0.15) is 17.3 Å². The van der Waals surface area contributed by atoms with Crippen molar-refractivity contribution in [3.63, 3.8) is 0 Å². The maximum absolute atomic E-state index is 14.4. The smallest absolute Gasteiger partial charge is 0.225 e. The molecule has 0 unspecified atom stereocenters. The van der Waals surface area contributed by atoms with E-state index in [-0.39, 0.29) is 30.4 Å². The van der Waals surface area contributed by atoms with Gasteiger partial charge in [-0.15, -0.1) is 0 Å². The summed E-state index contributed by atoms with van der Waals surface area (Å²) < 4.78 is 25.2. The first-order valence-corrected chi connectivity index (χ1v) is 9.54. The predicted octanol–water partition coefficient (Wildman–Crippen LogP) is 3.85. The number of nitrogens with one attached hydrogen (secondary N) is 1. The van der Waals surface area contributed by atoms with Gasteiger partial charge in [0.2, 0.25) is 5.91 Å². The van der Waals surface area contributed by atoms with Crippen molar-refractivity contribution in [1.29, 1.82) is 0 Å². The van der Waals surface area contributed by atoms with E-state index in [1.807, 2.05) is 12.1 Å². The van der Waals surface area contributed by atoms with Crippen molar-refractivity contribution >= 4 is 11.7 Å². The number of halogens is 1. The lowest BCUT2D eigenvalue weighted by molar-refractivity contribution is -0.122. The van der Waals surface area contributed by atoms with Crippen LogP contribution in [0, 0.1) is 5.82 Å². The molecule has 0 saturated carbocycles. The van der Waals surface area contributed by atoms with E-state index < -0.39 is 11.7 Å². The molecule has 1 aliphatic carbocycles. The predicted molar refractivity (Wildman–Crippen MR) is 105 cm³/mol. The lowest BCUT2D eigenvalue weighted by Gasteiger charge is -2.35. The standard InChI is InChI=1S/C23H22FNO4/c1-28-14-7-8-21(29-2)16(11-14)13-9-19-23(20(26)10-13)17(12-22(27)25-19)15-5-3-4-6-18(15)24/h3-8,11,13,17H,9-10,12H2,1-2H3,(H,25,27)/t13-,17+/m0/s1. The van der Waals surface area contributed by atoms with Gasteiger partial charge in [-0.3, -0.25) is 9.59 Å². The van der Waals surface area contributed by atoms with Crippen molar-refractivity contribution in [2.75, 3.05) is 14.2 Å². The van der Waals surface area contributed by atoms with E-state index in [4.69, 9.17) is 9.47 Å². The minimum absolute atomic E-state index is 0.0681. The van der Waals surface area contributed by atoms with Crippen LogP contribution < -0.4 is 14.8 Å². The normalized spacial score (nSPS) is 21.5. The van der Waals surface area contributed by atoms with Gasteiger partial charge >= 0.3 is 0 Å². The number of carbonyl (C=O) groups is 2. The molecule has 2 aromatic carbocycles. The summed E-state index contributed by atoms with van der Waals surface area (Å²) in [7, 11) is 3.16. The van der Waals surface area contributed by atoms with Crippen LogP contribution in [0.2, 0.25) is 0 Å². The Morgan fingerprint density at radius 1 is 0.966 bits per heavy atom. The van der Waals surface area contributed by atoms with Crippen molar-refractivity contribution in [1.82, 2.24) is 5.32 Å². The molecule has 2 aliphatic rings. The molecule has 0 bridgehead atoms. The molecule has 5 nitrogen and oxygen atoms in total. The van der Waals surface area contributed by atoms with E-state index in [0.717, 1.165) is 5.56 Å². The molecular weight excluding hydrogens is 373 g/mol. The summed E-state index contributed by atoms with van der Waals surface area (Å²) >= 11 is 0. The molecule has 0 aromatic heterocycles. The molecule has 6 heteroatoms. The van der Waals surface area contributed by atoms with Crippen LogP contribution in [0.15, 0.2) is 53.7 Å². The minimum Gasteiger partial charge on any atom is -0.497 e. The molecule has 0 radical (unpaired) electrons. The maximum Gasteiger partial charge on any atom is 0.225 e. The van der Waals surface area contributed by atoms with Crippen molar-refractivity contribution in [2.24, 2.45) is 0 Å². The first kappa shape index (κ1) is 19.2. The second-order valence-electron chi connectivity index (χ2n) is 7.35. The average Bonchev–Trinajstić information content (AvgIpc) is 2.72. The summed E-state index contributed by atoms with van der Waals surface area (Å²) in [6.07, 6.45) is 0.809. The van der Waals surface area contributed by atoms with Crippen LogP contribution in [0.1, 0.15) is 42.2 Å². The highest BCUT2D eigenvalue weighted by Gasteiger charge is 2.39. The van der Waals surface area contributed by atoms with Gasteiger partial charge in [0.15, 0.2) is 5.78 Å². The maximum atomic E-state index is 14.4. The number of Topliss-reactive ketones (excluding diaryl/α,β-unsaturated/α-hetero) is 1. The van der Waals surface area contributed by atoms with Gasteiger partial charge in [-0.05, 0) is 36.2 Å². The molecule has 1 N–H and O–H groups in total. The summed E-state index contributed by atoms with van der Waals surface area (Å²) in [5, 5.41) is 2.86. The highest BCUT2D eigenvalue weighted by Crippen LogP contribution is 2.45. The van der Waals surface area contributed by atoms with Crippen LogP contribution in [0.4, 0.5) is 4.39 Å². The zero-order valence-corrected chi connectivity index (χ0v) is 16.3. The van der Waals surface area contributed by atoms with Gasteiger partial charge in [-0.2, -0.15) is 0 Å². The highest BCUT2D eigenvalue weighted by molar-refractivity contribution is 6.02. The number of rotatable bonds is 4. The number of methoxy groups -OCH3 is 2. The van der Waals surface area contributed by atoms with Crippen molar-refractivity contribution in [3.05, 3.63) is 70.7 Å². The van der Waals surface area contributed by atoms with Gasteiger partial charge < -0.3 is 14.8 Å². The van der Waals surface area contributed by atoms with Gasteiger partial charge in [0.05, 0.1) is 14.2 Å². The zero-order valence-electron chi connectivity index (χ0n) is 16.3. The monoisotopic (exact) mass is 395 g/mol. The molecule has 150 valence electrons. The number of ketones is 1. The fourth-order valence-corrected chi connectivity index (χ4v) is 4.36. The first-order chi connectivity index (χ1) is 14.0. The van der Waals surface area contributed by atoms with Crippen molar-refractivity contribution in [2.45, 2.75) is 31.1 Å². The molecule has 0 fully saturated rings. The fraction of sp³-hybridized carbons (Fsp3) is 0.304. The number of carbonyl (C=O) groups excluding carboxylic acids is 2. The third-order valence-corrected chi connectivity index (χ3v) is 5.69. The summed E-state index contributed by atoms with van der Waals surface area (Å²) in [6, 6.07) is 11.8. The van der Waals surface area contributed by atoms with Gasteiger partial charge in [-0.25, -0.2) is 4.39 Å². The van der Waals surface area contributed by atoms with E-state index in [0.29, 0.717) is 34.8 Å². The fourth-order valence-electron chi connectivity index (χ4n) is 4.36. The number of hydrogen-bond donors (Lipinski definition) is 1. The SMILES string of the molecule is COc1ccc(OC)c([C@@H]2CC(=O)C3=C(C2)NC(=O)C[C@@H]3c2ccccc2F)c1. The molecule has 1 heterocycles. The Morgan fingerprint density at radius 3 is 2.48 bits per heavy atom. The van der Waals surface area contributed by atoms with Crippen molar-refractivity contribution in [3.8, 4) is 11.5 Å². The van der Waals surface area contributed by atoms with E-state index in [1.54, 1.807) is 38.5 Å². The Hall–Kier alpha value is -3.15. The Balaban J connectivity index is 1.75. The number of amides is 1. The molecule has 0 spiro atoms. The van der Waals surface area contributed by atoms with Gasteiger partial charge in [0.25, 0.3) is 0 Å². The first-order valence-electron chi connectivity index (χ1n) is 9.54. The number of benzene rings is 2. The lowest BCUT2D eigenvalue weighted by atomic mass is 9.73. The molecule has 2 atom stereocenters. The molecule has 0 saturated heterocycles. The second kappa shape index (κ2) is 7.70. The molecule has 1 amide bonds. The average molecular weight is 395 g/mol. The van der Waals surface area contributed by atoms with E-state index in [1.165, 1.54) is 6.07 Å². The van der Waals surface area contributed by atoms with Crippen LogP contribution in [0.25, 0.3) is 0 Å². The molecule has 1 aliphatic heterocycles. The van der Waals surface area contributed by atoms with Gasteiger partial charge in [-0.1, -0.05) is 18.2 Å². The Morgan fingerprint density at radius 2 is 1.76 bits per heavy atom. The Bertz CT molecular complexity index is 1010. The summed E-state index contributed by atoms with van der Waals surface area (Å²) in [5.41, 5.74) is 2.35. The van der Waals surface area contributed by atoms with E-state index >= 15 is 0 Å². The lowest BCUT2D eigenvalue weighted by Crippen LogP contribution is -2.38. The third kappa shape index (κ3) is 3.50. The van der Waals surface area contributed by atoms with Crippen LogP contribution in [-0.4, -0.2) is 25.9 Å². The Labute approximate surface area is 168 Å².